The first-order valence-electron chi connectivity index (χ1n) is 6.05. The minimum Gasteiger partial charge on any atom is -0.384 e. The summed E-state index contributed by atoms with van der Waals surface area (Å²) in [5, 5.41) is 3.43. The van der Waals surface area contributed by atoms with Gasteiger partial charge in [-0.3, -0.25) is 0 Å². The Balaban J connectivity index is 2.26. The van der Waals surface area contributed by atoms with Gasteiger partial charge in [-0.2, -0.15) is 0 Å². The van der Waals surface area contributed by atoms with Crippen molar-refractivity contribution in [3.05, 3.63) is 28.7 Å². The largest absolute Gasteiger partial charge is 0.384 e. The van der Waals surface area contributed by atoms with Crippen LogP contribution in [0.5, 0.6) is 0 Å². The fourth-order valence-corrected chi connectivity index (χ4v) is 2.11. The van der Waals surface area contributed by atoms with Gasteiger partial charge in [-0.15, -0.1) is 0 Å². The third-order valence-corrected chi connectivity index (χ3v) is 2.94. The predicted octanol–water partition coefficient (Wildman–Crippen LogP) is 3.84. The normalized spacial score (nSPS) is 11.9. The van der Waals surface area contributed by atoms with Crippen LogP contribution in [0.1, 0.15) is 20.8 Å². The van der Waals surface area contributed by atoms with Crippen LogP contribution in [0.25, 0.3) is 0 Å². The molecular formula is C14H23BrN2. The third-order valence-electron chi connectivity index (χ3n) is 2.41. The third kappa shape index (κ3) is 6.69. The number of nitrogens with zero attached hydrogens (tertiary/aromatic N) is 1. The van der Waals surface area contributed by atoms with Gasteiger partial charge in [0, 0.05) is 29.8 Å². The molecule has 17 heavy (non-hydrogen) atoms. The molecule has 1 N–H and O–H groups in total. The van der Waals surface area contributed by atoms with Crippen molar-refractivity contribution >= 4 is 21.6 Å². The van der Waals surface area contributed by atoms with Gasteiger partial charge in [-0.25, -0.2) is 0 Å². The van der Waals surface area contributed by atoms with E-state index in [-0.39, 0.29) is 0 Å². The highest BCUT2D eigenvalue weighted by molar-refractivity contribution is 9.10. The smallest absolute Gasteiger partial charge is 0.0341 e. The number of benzene rings is 1. The van der Waals surface area contributed by atoms with Gasteiger partial charge < -0.3 is 10.2 Å². The maximum atomic E-state index is 3.43. The molecule has 0 aliphatic rings. The van der Waals surface area contributed by atoms with Gasteiger partial charge >= 0.3 is 0 Å². The molecule has 0 unspecified atom stereocenters. The highest BCUT2D eigenvalue weighted by Crippen LogP contribution is 2.15. The fraction of sp³-hybridized carbons (Fsp3) is 0.571. The van der Waals surface area contributed by atoms with Gasteiger partial charge in [0.25, 0.3) is 0 Å². The average Bonchev–Trinajstić information content (AvgIpc) is 2.18. The average molecular weight is 299 g/mol. The van der Waals surface area contributed by atoms with Crippen molar-refractivity contribution in [1.82, 2.24) is 4.90 Å². The van der Waals surface area contributed by atoms with E-state index in [9.17, 15) is 0 Å². The standard InChI is InChI=1S/C14H23BrN2/c1-14(2,3)11-17(4)10-9-16-13-7-5-12(15)6-8-13/h5-8,16H,9-11H2,1-4H3. The molecule has 0 aromatic heterocycles. The lowest BCUT2D eigenvalue weighted by molar-refractivity contribution is 0.233. The van der Waals surface area contributed by atoms with Crippen LogP contribution < -0.4 is 5.32 Å². The van der Waals surface area contributed by atoms with E-state index in [1.807, 2.05) is 0 Å². The number of rotatable bonds is 5. The van der Waals surface area contributed by atoms with Gasteiger partial charge in [0.15, 0.2) is 0 Å². The Kier molecular flexibility index (Phi) is 5.47. The van der Waals surface area contributed by atoms with Crippen LogP contribution in [-0.2, 0) is 0 Å². The van der Waals surface area contributed by atoms with Crippen LogP contribution in [-0.4, -0.2) is 31.6 Å². The molecule has 0 saturated heterocycles. The molecule has 0 aliphatic carbocycles. The highest BCUT2D eigenvalue weighted by Gasteiger charge is 2.12. The van der Waals surface area contributed by atoms with Gasteiger partial charge in [0.1, 0.15) is 0 Å². The zero-order valence-corrected chi connectivity index (χ0v) is 12.8. The van der Waals surface area contributed by atoms with Crippen LogP contribution in [0.2, 0.25) is 0 Å². The number of hydrogen-bond acceptors (Lipinski definition) is 2. The van der Waals surface area contributed by atoms with E-state index in [2.05, 4.69) is 78.2 Å². The minimum atomic E-state index is 0.367. The molecule has 2 nitrogen and oxygen atoms in total. The maximum Gasteiger partial charge on any atom is 0.0341 e. The Labute approximate surface area is 114 Å². The second-order valence-corrected chi connectivity index (χ2v) is 6.65. The van der Waals surface area contributed by atoms with E-state index < -0.39 is 0 Å². The predicted molar refractivity (Wildman–Crippen MR) is 79.6 cm³/mol. The molecule has 0 atom stereocenters. The van der Waals surface area contributed by atoms with Crippen molar-refractivity contribution < 1.29 is 0 Å². The zero-order valence-electron chi connectivity index (χ0n) is 11.3. The molecule has 0 amide bonds. The summed E-state index contributed by atoms with van der Waals surface area (Å²) in [6.45, 7) is 9.97. The van der Waals surface area contributed by atoms with Crippen molar-refractivity contribution in [2.45, 2.75) is 20.8 Å². The Hall–Kier alpha value is -0.540. The van der Waals surface area contributed by atoms with Gasteiger partial charge in [0.2, 0.25) is 0 Å². The number of nitrogens with one attached hydrogen (secondary N) is 1. The Bertz CT molecular complexity index is 327. The van der Waals surface area contributed by atoms with Crippen molar-refractivity contribution in [2.75, 3.05) is 32.0 Å². The molecule has 0 radical (unpaired) electrons. The van der Waals surface area contributed by atoms with Crippen molar-refractivity contribution in [2.24, 2.45) is 5.41 Å². The Morgan fingerprint density at radius 1 is 1.18 bits per heavy atom. The van der Waals surface area contributed by atoms with Gasteiger partial charge in [-0.1, -0.05) is 36.7 Å². The molecule has 0 saturated carbocycles. The number of anilines is 1. The monoisotopic (exact) mass is 298 g/mol. The first kappa shape index (κ1) is 14.5. The molecular weight excluding hydrogens is 276 g/mol. The summed E-state index contributed by atoms with van der Waals surface area (Å²) in [6.07, 6.45) is 0. The molecule has 0 aliphatic heterocycles. The molecule has 0 bridgehead atoms. The first-order valence-corrected chi connectivity index (χ1v) is 6.84. The summed E-state index contributed by atoms with van der Waals surface area (Å²) < 4.78 is 1.12. The van der Waals surface area contributed by atoms with E-state index >= 15 is 0 Å². The van der Waals surface area contributed by atoms with Crippen molar-refractivity contribution in [1.29, 1.82) is 0 Å². The van der Waals surface area contributed by atoms with Crippen LogP contribution in [0.4, 0.5) is 5.69 Å². The minimum absolute atomic E-state index is 0.367. The van der Waals surface area contributed by atoms with Gasteiger partial charge in [-0.05, 0) is 36.7 Å². The van der Waals surface area contributed by atoms with Crippen molar-refractivity contribution in [3.63, 3.8) is 0 Å². The SMILES string of the molecule is CN(CCNc1ccc(Br)cc1)CC(C)(C)C. The summed E-state index contributed by atoms with van der Waals surface area (Å²) in [5.74, 6) is 0. The molecule has 0 heterocycles. The van der Waals surface area contributed by atoms with E-state index in [4.69, 9.17) is 0 Å². The Morgan fingerprint density at radius 2 is 1.76 bits per heavy atom. The van der Waals surface area contributed by atoms with E-state index in [1.165, 1.54) is 5.69 Å². The van der Waals surface area contributed by atoms with Crippen LogP contribution in [0.15, 0.2) is 28.7 Å². The zero-order chi connectivity index (χ0) is 12.9. The topological polar surface area (TPSA) is 15.3 Å². The lowest BCUT2D eigenvalue weighted by Gasteiger charge is -2.26. The number of likely N-dealkylation sites (N-methyl/N-ethyl adjacent to an activating group) is 1. The first-order chi connectivity index (χ1) is 7.87. The second-order valence-electron chi connectivity index (χ2n) is 5.73. The summed E-state index contributed by atoms with van der Waals surface area (Å²) in [7, 11) is 2.18. The molecule has 3 heteroatoms. The Morgan fingerprint density at radius 3 is 2.29 bits per heavy atom. The molecule has 96 valence electrons. The molecule has 1 aromatic carbocycles. The summed E-state index contributed by atoms with van der Waals surface area (Å²) >= 11 is 3.43. The van der Waals surface area contributed by atoms with Gasteiger partial charge in [0.05, 0.1) is 0 Å². The fourth-order valence-electron chi connectivity index (χ4n) is 1.85. The molecule has 1 aromatic rings. The van der Waals surface area contributed by atoms with Crippen LogP contribution >= 0.6 is 15.9 Å². The molecule has 0 spiro atoms. The highest BCUT2D eigenvalue weighted by atomic mass is 79.9. The summed E-state index contributed by atoms with van der Waals surface area (Å²) in [6, 6.07) is 8.30. The van der Waals surface area contributed by atoms with E-state index in [0.29, 0.717) is 5.41 Å². The van der Waals surface area contributed by atoms with E-state index in [1.54, 1.807) is 0 Å². The van der Waals surface area contributed by atoms with Crippen LogP contribution in [0.3, 0.4) is 0 Å². The second kappa shape index (κ2) is 6.41. The lowest BCUT2D eigenvalue weighted by Crippen LogP contribution is -2.32. The number of hydrogen-bond donors (Lipinski definition) is 1. The summed E-state index contributed by atoms with van der Waals surface area (Å²) in [5.41, 5.74) is 1.55. The quantitative estimate of drug-likeness (QED) is 0.888. The molecule has 1 rings (SSSR count). The van der Waals surface area contributed by atoms with Crippen molar-refractivity contribution in [3.8, 4) is 0 Å². The molecule has 0 fully saturated rings. The van der Waals surface area contributed by atoms with E-state index in [0.717, 1.165) is 24.1 Å². The maximum absolute atomic E-state index is 3.43. The lowest BCUT2D eigenvalue weighted by atomic mass is 9.96. The summed E-state index contributed by atoms with van der Waals surface area (Å²) in [4.78, 5) is 2.37. The number of halogens is 1. The van der Waals surface area contributed by atoms with Crippen LogP contribution in [0, 0.1) is 5.41 Å².